The number of aromatic hydroxyl groups is 1. The molecule has 0 saturated carbocycles. The number of halogens is 2. The maximum atomic E-state index is 9.39. The molecule has 4 heteroatoms. The summed E-state index contributed by atoms with van der Waals surface area (Å²) in [6, 6.07) is 8.50. The first-order valence-corrected chi connectivity index (χ1v) is 5.45. The van der Waals surface area contributed by atoms with Gasteiger partial charge >= 0.3 is 0 Å². The first kappa shape index (κ1) is 11.2. The number of nitrogens with zero attached hydrogens (tertiary/aromatic N) is 1. The molecule has 1 aromatic heterocycles. The molecule has 2 aromatic rings. The lowest BCUT2D eigenvalue weighted by molar-refractivity contribution is 0.468. The third kappa shape index (κ3) is 2.13. The second-order valence-electron chi connectivity index (χ2n) is 3.43. The number of benzene rings is 1. The van der Waals surface area contributed by atoms with Gasteiger partial charge in [0.05, 0.1) is 16.4 Å². The van der Waals surface area contributed by atoms with E-state index in [1.54, 1.807) is 37.3 Å². The highest BCUT2D eigenvalue weighted by Crippen LogP contribution is 2.30. The molecule has 0 aliphatic rings. The standard InChI is InChI=1S/C12H9Cl2NO/c1-7-12(16)5-4-11(15-7)9-6-8(13)2-3-10(9)14/h2-6,16H,1H3. The summed E-state index contributed by atoms with van der Waals surface area (Å²) in [5.74, 6) is 0.168. The molecule has 0 spiro atoms. The fraction of sp³-hybridized carbons (Fsp3) is 0.0833. The Kier molecular flexibility index (Phi) is 3.03. The van der Waals surface area contributed by atoms with Crippen molar-refractivity contribution < 1.29 is 5.11 Å². The van der Waals surface area contributed by atoms with E-state index in [0.717, 1.165) is 5.56 Å². The quantitative estimate of drug-likeness (QED) is 0.832. The van der Waals surface area contributed by atoms with Crippen molar-refractivity contribution in [1.82, 2.24) is 4.98 Å². The van der Waals surface area contributed by atoms with Crippen LogP contribution < -0.4 is 0 Å². The van der Waals surface area contributed by atoms with Crippen molar-refractivity contribution >= 4 is 23.2 Å². The predicted molar refractivity (Wildman–Crippen MR) is 66.1 cm³/mol. The number of hydrogen-bond donors (Lipinski definition) is 1. The summed E-state index contributed by atoms with van der Waals surface area (Å²) in [6.07, 6.45) is 0. The van der Waals surface area contributed by atoms with Crippen LogP contribution in [0, 0.1) is 6.92 Å². The van der Waals surface area contributed by atoms with Gasteiger partial charge in [0.15, 0.2) is 0 Å². The highest BCUT2D eigenvalue weighted by molar-refractivity contribution is 6.35. The molecule has 0 aliphatic heterocycles. The van der Waals surface area contributed by atoms with Crippen LogP contribution in [0.4, 0.5) is 0 Å². The highest BCUT2D eigenvalue weighted by atomic mass is 35.5. The van der Waals surface area contributed by atoms with Crippen LogP contribution in [0.1, 0.15) is 5.69 Å². The van der Waals surface area contributed by atoms with E-state index in [1.807, 2.05) is 0 Å². The van der Waals surface area contributed by atoms with Crippen LogP contribution in [0.2, 0.25) is 10.0 Å². The summed E-state index contributed by atoms with van der Waals surface area (Å²) in [5, 5.41) is 10.6. The molecule has 1 aromatic carbocycles. The van der Waals surface area contributed by atoms with Crippen molar-refractivity contribution in [2.45, 2.75) is 6.92 Å². The summed E-state index contributed by atoms with van der Waals surface area (Å²) < 4.78 is 0. The van der Waals surface area contributed by atoms with Gasteiger partial charge in [-0.15, -0.1) is 0 Å². The second-order valence-corrected chi connectivity index (χ2v) is 4.27. The zero-order valence-electron chi connectivity index (χ0n) is 8.54. The van der Waals surface area contributed by atoms with Crippen LogP contribution in [0.5, 0.6) is 5.75 Å². The molecular weight excluding hydrogens is 245 g/mol. The molecule has 1 N–H and O–H groups in total. The maximum absolute atomic E-state index is 9.39. The minimum Gasteiger partial charge on any atom is -0.506 e. The molecule has 1 heterocycles. The van der Waals surface area contributed by atoms with E-state index >= 15 is 0 Å². The monoisotopic (exact) mass is 253 g/mol. The Morgan fingerprint density at radius 2 is 1.88 bits per heavy atom. The van der Waals surface area contributed by atoms with Crippen molar-refractivity contribution in [3.63, 3.8) is 0 Å². The van der Waals surface area contributed by atoms with E-state index < -0.39 is 0 Å². The summed E-state index contributed by atoms with van der Waals surface area (Å²) in [5.41, 5.74) is 2.02. The minimum absolute atomic E-state index is 0.168. The van der Waals surface area contributed by atoms with E-state index in [0.29, 0.717) is 21.4 Å². The minimum atomic E-state index is 0.168. The van der Waals surface area contributed by atoms with Gasteiger partial charge < -0.3 is 5.11 Å². The Balaban J connectivity index is 2.58. The number of aryl methyl sites for hydroxylation is 1. The topological polar surface area (TPSA) is 33.1 Å². The van der Waals surface area contributed by atoms with Crippen LogP contribution in [-0.2, 0) is 0 Å². The summed E-state index contributed by atoms with van der Waals surface area (Å²) in [7, 11) is 0. The Labute approximate surface area is 103 Å². The van der Waals surface area contributed by atoms with E-state index in [9.17, 15) is 5.11 Å². The van der Waals surface area contributed by atoms with E-state index in [2.05, 4.69) is 4.98 Å². The largest absolute Gasteiger partial charge is 0.506 e. The Hall–Kier alpha value is -1.25. The molecule has 0 fully saturated rings. The average molecular weight is 254 g/mol. The molecule has 2 rings (SSSR count). The van der Waals surface area contributed by atoms with Crippen molar-refractivity contribution in [2.75, 3.05) is 0 Å². The molecule has 0 saturated heterocycles. The lowest BCUT2D eigenvalue weighted by atomic mass is 10.1. The molecule has 0 amide bonds. The molecular formula is C12H9Cl2NO. The molecule has 82 valence electrons. The number of pyridine rings is 1. The van der Waals surface area contributed by atoms with E-state index in [-0.39, 0.29) is 5.75 Å². The maximum Gasteiger partial charge on any atom is 0.136 e. The van der Waals surface area contributed by atoms with Crippen LogP contribution in [0.15, 0.2) is 30.3 Å². The van der Waals surface area contributed by atoms with Gasteiger partial charge in [-0.05, 0) is 37.3 Å². The molecule has 16 heavy (non-hydrogen) atoms. The Morgan fingerprint density at radius 3 is 2.56 bits per heavy atom. The fourth-order valence-corrected chi connectivity index (χ4v) is 1.78. The van der Waals surface area contributed by atoms with E-state index in [4.69, 9.17) is 23.2 Å². The van der Waals surface area contributed by atoms with Crippen molar-refractivity contribution in [3.8, 4) is 17.0 Å². The van der Waals surface area contributed by atoms with Gasteiger partial charge in [-0.2, -0.15) is 0 Å². The number of hydrogen-bond acceptors (Lipinski definition) is 2. The van der Waals surface area contributed by atoms with Crippen molar-refractivity contribution in [2.24, 2.45) is 0 Å². The number of aromatic nitrogens is 1. The predicted octanol–water partition coefficient (Wildman–Crippen LogP) is 4.07. The summed E-state index contributed by atoms with van der Waals surface area (Å²) in [4.78, 5) is 4.25. The molecule has 0 bridgehead atoms. The zero-order valence-corrected chi connectivity index (χ0v) is 10.0. The number of rotatable bonds is 1. The van der Waals surface area contributed by atoms with E-state index in [1.165, 1.54) is 0 Å². The molecule has 0 atom stereocenters. The molecule has 0 radical (unpaired) electrons. The zero-order chi connectivity index (χ0) is 11.7. The van der Waals surface area contributed by atoms with Crippen LogP contribution in [0.25, 0.3) is 11.3 Å². The molecule has 2 nitrogen and oxygen atoms in total. The lowest BCUT2D eigenvalue weighted by Gasteiger charge is -2.06. The Morgan fingerprint density at radius 1 is 1.12 bits per heavy atom. The van der Waals surface area contributed by atoms with Gasteiger partial charge in [0, 0.05) is 10.6 Å². The average Bonchev–Trinajstić information content (AvgIpc) is 2.26. The smallest absolute Gasteiger partial charge is 0.136 e. The van der Waals surface area contributed by atoms with Crippen molar-refractivity contribution in [3.05, 3.63) is 46.1 Å². The normalized spacial score (nSPS) is 10.4. The van der Waals surface area contributed by atoms with Gasteiger partial charge in [0.1, 0.15) is 5.75 Å². The van der Waals surface area contributed by atoms with Gasteiger partial charge in [-0.3, -0.25) is 0 Å². The van der Waals surface area contributed by atoms with Crippen LogP contribution >= 0.6 is 23.2 Å². The van der Waals surface area contributed by atoms with Crippen LogP contribution in [0.3, 0.4) is 0 Å². The Bertz CT molecular complexity index is 541. The summed E-state index contributed by atoms with van der Waals surface area (Å²) >= 11 is 12.0. The van der Waals surface area contributed by atoms with Gasteiger partial charge in [-0.1, -0.05) is 23.2 Å². The summed E-state index contributed by atoms with van der Waals surface area (Å²) in [6.45, 7) is 1.73. The lowest BCUT2D eigenvalue weighted by Crippen LogP contribution is -1.88. The SMILES string of the molecule is Cc1nc(-c2cc(Cl)ccc2Cl)ccc1O. The van der Waals surface area contributed by atoms with Gasteiger partial charge in [0.2, 0.25) is 0 Å². The highest BCUT2D eigenvalue weighted by Gasteiger charge is 2.07. The van der Waals surface area contributed by atoms with Crippen LogP contribution in [-0.4, -0.2) is 10.1 Å². The third-order valence-electron chi connectivity index (χ3n) is 2.26. The molecule has 0 unspecified atom stereocenters. The second kappa shape index (κ2) is 4.32. The third-order valence-corrected chi connectivity index (χ3v) is 2.83. The van der Waals surface area contributed by atoms with Crippen molar-refractivity contribution in [1.29, 1.82) is 0 Å². The molecule has 0 aliphatic carbocycles. The van der Waals surface area contributed by atoms with Gasteiger partial charge in [0.25, 0.3) is 0 Å². The first-order valence-electron chi connectivity index (χ1n) is 4.70. The van der Waals surface area contributed by atoms with Gasteiger partial charge in [-0.25, -0.2) is 4.98 Å². The first-order chi connectivity index (χ1) is 7.58. The fourth-order valence-electron chi connectivity index (χ4n) is 1.40.